The Kier molecular flexibility index (Phi) is 3.95. The summed E-state index contributed by atoms with van der Waals surface area (Å²) in [6.07, 6.45) is 4.24. The summed E-state index contributed by atoms with van der Waals surface area (Å²) in [4.78, 5) is 0. The Bertz CT molecular complexity index is 608. The van der Waals surface area contributed by atoms with Crippen LogP contribution in [0, 0.1) is 0 Å². The lowest BCUT2D eigenvalue weighted by atomic mass is 9.67. The van der Waals surface area contributed by atoms with Gasteiger partial charge in [-0.3, -0.25) is 0 Å². The van der Waals surface area contributed by atoms with Crippen LogP contribution in [0.1, 0.15) is 29.5 Å². The molecule has 2 aromatic carbocycles. The molecule has 0 aliphatic heterocycles. The summed E-state index contributed by atoms with van der Waals surface area (Å²) in [6, 6.07) is 16.9. The molecule has 1 N–H and O–H groups in total. The smallest absolute Gasteiger partial charge is 0.0531 e. The van der Waals surface area contributed by atoms with Crippen molar-refractivity contribution in [2.45, 2.75) is 31.1 Å². The van der Waals surface area contributed by atoms with E-state index in [1.54, 1.807) is 0 Å². The number of halogens is 1. The molecule has 3 rings (SSSR count). The minimum Gasteiger partial charge on any atom is -0.395 e. The summed E-state index contributed by atoms with van der Waals surface area (Å²) < 4.78 is 1.14. The van der Waals surface area contributed by atoms with Crippen LogP contribution in [-0.2, 0) is 18.3 Å². The molecule has 104 valence electrons. The lowest BCUT2D eigenvalue weighted by Crippen LogP contribution is -2.37. The number of rotatable bonds is 3. The normalized spacial score (nSPS) is 21.5. The molecule has 0 bridgehead atoms. The SMILES string of the molecule is OCC1(Cc2ccccc2Br)CCCc2ccccc21. The Hall–Kier alpha value is -1.12. The van der Waals surface area contributed by atoms with Gasteiger partial charge in [-0.05, 0) is 48.4 Å². The number of aryl methyl sites for hydroxylation is 1. The van der Waals surface area contributed by atoms with Crippen molar-refractivity contribution in [3.05, 3.63) is 69.7 Å². The maximum absolute atomic E-state index is 10.1. The van der Waals surface area contributed by atoms with E-state index in [4.69, 9.17) is 0 Å². The lowest BCUT2D eigenvalue weighted by molar-refractivity contribution is 0.173. The highest BCUT2D eigenvalue weighted by atomic mass is 79.9. The number of fused-ring (bicyclic) bond motifs is 1. The molecule has 20 heavy (non-hydrogen) atoms. The maximum atomic E-state index is 10.1. The number of hydrogen-bond donors (Lipinski definition) is 1. The van der Waals surface area contributed by atoms with Gasteiger partial charge in [0.25, 0.3) is 0 Å². The molecule has 0 amide bonds. The molecule has 0 radical (unpaired) electrons. The Labute approximate surface area is 128 Å². The van der Waals surface area contributed by atoms with Crippen LogP contribution in [0.2, 0.25) is 0 Å². The third-order valence-corrected chi connectivity index (χ3v) is 5.25. The third-order valence-electron chi connectivity index (χ3n) is 4.48. The molecule has 0 fully saturated rings. The van der Waals surface area contributed by atoms with Gasteiger partial charge < -0.3 is 5.11 Å². The molecule has 1 unspecified atom stereocenters. The monoisotopic (exact) mass is 330 g/mol. The van der Waals surface area contributed by atoms with Crippen molar-refractivity contribution in [1.29, 1.82) is 0 Å². The van der Waals surface area contributed by atoms with E-state index in [2.05, 4.69) is 58.4 Å². The average molecular weight is 331 g/mol. The molecular formula is C18H19BrO. The van der Waals surface area contributed by atoms with Crippen molar-refractivity contribution in [3.8, 4) is 0 Å². The number of benzene rings is 2. The van der Waals surface area contributed by atoms with Crippen molar-refractivity contribution in [2.75, 3.05) is 6.61 Å². The van der Waals surface area contributed by atoms with E-state index >= 15 is 0 Å². The maximum Gasteiger partial charge on any atom is 0.0531 e. The molecular weight excluding hydrogens is 312 g/mol. The highest BCUT2D eigenvalue weighted by Gasteiger charge is 2.36. The van der Waals surface area contributed by atoms with Crippen molar-refractivity contribution in [2.24, 2.45) is 0 Å². The molecule has 0 saturated heterocycles. The van der Waals surface area contributed by atoms with E-state index in [1.807, 2.05) is 6.07 Å². The predicted molar refractivity (Wildman–Crippen MR) is 86.0 cm³/mol. The van der Waals surface area contributed by atoms with Crippen molar-refractivity contribution in [1.82, 2.24) is 0 Å². The number of aliphatic hydroxyl groups is 1. The van der Waals surface area contributed by atoms with Crippen molar-refractivity contribution >= 4 is 15.9 Å². The van der Waals surface area contributed by atoms with Crippen LogP contribution in [0.25, 0.3) is 0 Å². The quantitative estimate of drug-likeness (QED) is 0.891. The number of hydrogen-bond acceptors (Lipinski definition) is 1. The van der Waals surface area contributed by atoms with E-state index in [1.165, 1.54) is 16.7 Å². The zero-order valence-corrected chi connectivity index (χ0v) is 13.1. The van der Waals surface area contributed by atoms with E-state index in [-0.39, 0.29) is 12.0 Å². The third kappa shape index (κ3) is 2.43. The van der Waals surface area contributed by atoms with Gasteiger partial charge in [0.2, 0.25) is 0 Å². The first-order chi connectivity index (χ1) is 9.75. The molecule has 0 saturated carbocycles. The van der Waals surface area contributed by atoms with Gasteiger partial charge in [-0.15, -0.1) is 0 Å². The molecule has 0 aromatic heterocycles. The Morgan fingerprint density at radius 3 is 2.60 bits per heavy atom. The standard InChI is InChI=1S/C18H19BrO/c19-17-10-4-2-7-15(17)12-18(13-20)11-5-8-14-6-1-3-9-16(14)18/h1-4,6-7,9-10,20H,5,8,11-13H2. The summed E-state index contributed by atoms with van der Waals surface area (Å²) in [5, 5.41) is 10.1. The summed E-state index contributed by atoms with van der Waals surface area (Å²) in [7, 11) is 0. The first-order valence-electron chi connectivity index (χ1n) is 7.18. The van der Waals surface area contributed by atoms with E-state index in [0.717, 1.165) is 30.2 Å². The van der Waals surface area contributed by atoms with Gasteiger partial charge in [0.1, 0.15) is 0 Å². The second kappa shape index (κ2) is 5.71. The lowest BCUT2D eigenvalue weighted by Gasteiger charge is -2.38. The molecule has 1 atom stereocenters. The Morgan fingerprint density at radius 2 is 1.80 bits per heavy atom. The van der Waals surface area contributed by atoms with E-state index < -0.39 is 0 Å². The van der Waals surface area contributed by atoms with E-state index in [0.29, 0.717) is 0 Å². The second-order valence-electron chi connectivity index (χ2n) is 5.72. The molecule has 0 heterocycles. The highest BCUT2D eigenvalue weighted by molar-refractivity contribution is 9.10. The topological polar surface area (TPSA) is 20.2 Å². The summed E-state index contributed by atoms with van der Waals surface area (Å²) in [5.41, 5.74) is 3.89. The van der Waals surface area contributed by atoms with Crippen LogP contribution in [0.3, 0.4) is 0 Å². The van der Waals surface area contributed by atoms with Crippen molar-refractivity contribution < 1.29 is 5.11 Å². The first-order valence-corrected chi connectivity index (χ1v) is 7.97. The molecule has 2 heteroatoms. The Morgan fingerprint density at radius 1 is 1.05 bits per heavy atom. The van der Waals surface area contributed by atoms with Crippen LogP contribution in [-0.4, -0.2) is 11.7 Å². The van der Waals surface area contributed by atoms with Crippen LogP contribution in [0.15, 0.2) is 53.0 Å². The zero-order chi connectivity index (χ0) is 14.0. The van der Waals surface area contributed by atoms with Gasteiger partial charge in [0.05, 0.1) is 6.61 Å². The van der Waals surface area contributed by atoms with Crippen LogP contribution < -0.4 is 0 Å². The summed E-state index contributed by atoms with van der Waals surface area (Å²) in [6.45, 7) is 0.214. The summed E-state index contributed by atoms with van der Waals surface area (Å²) >= 11 is 3.63. The average Bonchev–Trinajstić information content (AvgIpc) is 2.50. The minimum atomic E-state index is -0.126. The fraction of sp³-hybridized carbons (Fsp3) is 0.333. The molecule has 2 aromatic rings. The first kappa shape index (κ1) is 13.8. The van der Waals surface area contributed by atoms with Gasteiger partial charge in [-0.25, -0.2) is 0 Å². The fourth-order valence-electron chi connectivity index (χ4n) is 3.42. The van der Waals surface area contributed by atoms with E-state index in [9.17, 15) is 5.11 Å². The molecule has 1 aliphatic carbocycles. The van der Waals surface area contributed by atoms with Gasteiger partial charge >= 0.3 is 0 Å². The largest absolute Gasteiger partial charge is 0.395 e. The highest BCUT2D eigenvalue weighted by Crippen LogP contribution is 2.40. The van der Waals surface area contributed by atoms with Crippen LogP contribution >= 0.6 is 15.9 Å². The molecule has 0 spiro atoms. The van der Waals surface area contributed by atoms with Gasteiger partial charge in [0.15, 0.2) is 0 Å². The minimum absolute atomic E-state index is 0.126. The van der Waals surface area contributed by atoms with Crippen LogP contribution in [0.5, 0.6) is 0 Å². The molecule has 1 nitrogen and oxygen atoms in total. The number of aliphatic hydroxyl groups excluding tert-OH is 1. The van der Waals surface area contributed by atoms with Gasteiger partial charge in [-0.1, -0.05) is 58.4 Å². The fourth-order valence-corrected chi connectivity index (χ4v) is 3.84. The summed E-state index contributed by atoms with van der Waals surface area (Å²) in [5.74, 6) is 0. The van der Waals surface area contributed by atoms with Crippen molar-refractivity contribution in [3.63, 3.8) is 0 Å². The Balaban J connectivity index is 2.03. The van der Waals surface area contributed by atoms with Gasteiger partial charge in [0, 0.05) is 9.89 Å². The van der Waals surface area contributed by atoms with Crippen LogP contribution in [0.4, 0.5) is 0 Å². The molecule has 1 aliphatic rings. The zero-order valence-electron chi connectivity index (χ0n) is 11.5. The predicted octanol–water partition coefficient (Wildman–Crippen LogP) is 4.26. The van der Waals surface area contributed by atoms with Gasteiger partial charge in [-0.2, -0.15) is 0 Å². The second-order valence-corrected chi connectivity index (χ2v) is 6.57.